The van der Waals surface area contributed by atoms with Gasteiger partial charge in [0.05, 0.1) is 12.2 Å². The molecule has 1 N–H and O–H groups in total. The lowest BCUT2D eigenvalue weighted by molar-refractivity contribution is -0.253. The first kappa shape index (κ1) is 14.0. The van der Waals surface area contributed by atoms with Crippen LogP contribution in [0, 0.1) is 0 Å². The Hall–Kier alpha value is -1.40. The maximum Gasteiger partial charge on any atom is 0.494 e. The highest BCUT2D eigenvalue weighted by atomic mass is 17.1. The summed E-state index contributed by atoms with van der Waals surface area (Å²) in [5.41, 5.74) is 1.81. The van der Waals surface area contributed by atoms with E-state index in [4.69, 9.17) is 14.6 Å². The van der Waals surface area contributed by atoms with Crippen LogP contribution >= 0.6 is 0 Å². The fraction of sp³-hybridized carbons (Fsp3) is 0.286. The van der Waals surface area contributed by atoms with Crippen molar-refractivity contribution in [3.05, 3.63) is 54.6 Å². The van der Waals surface area contributed by atoms with E-state index in [9.17, 15) is 0 Å². The van der Waals surface area contributed by atoms with E-state index in [1.165, 1.54) is 0 Å². The lowest BCUT2D eigenvalue weighted by Crippen LogP contribution is -2.32. The van der Waals surface area contributed by atoms with Gasteiger partial charge in [0.1, 0.15) is 6.61 Å². The molecular weight excluding hydrogens is 243 g/mol. The lowest BCUT2D eigenvalue weighted by Gasteiger charge is -2.08. The first-order valence-electron chi connectivity index (χ1n) is 6.20. The van der Waals surface area contributed by atoms with Crippen LogP contribution < -0.4 is 5.46 Å². The van der Waals surface area contributed by atoms with E-state index >= 15 is 0 Å². The third-order valence-electron chi connectivity index (χ3n) is 2.98. The van der Waals surface area contributed by atoms with E-state index < -0.39 is 7.12 Å². The summed E-state index contributed by atoms with van der Waals surface area (Å²) in [6.45, 7) is 5.87. The van der Waals surface area contributed by atoms with Crippen LogP contribution in [0.1, 0.15) is 12.5 Å². The van der Waals surface area contributed by atoms with Gasteiger partial charge >= 0.3 is 7.12 Å². The molecule has 0 aromatic heterocycles. The molecule has 0 saturated carbocycles. The van der Waals surface area contributed by atoms with Crippen molar-refractivity contribution in [1.82, 2.24) is 0 Å². The quantitative estimate of drug-likeness (QED) is 0.380. The molecule has 1 saturated heterocycles. The van der Waals surface area contributed by atoms with Crippen molar-refractivity contribution in [1.29, 1.82) is 0 Å². The summed E-state index contributed by atoms with van der Waals surface area (Å²) in [6, 6.07) is 7.53. The number of hydrogen-bond acceptors (Lipinski definition) is 4. The second-order valence-electron chi connectivity index (χ2n) is 4.31. The molecule has 2 atom stereocenters. The van der Waals surface area contributed by atoms with Crippen LogP contribution in [0.4, 0.5) is 0 Å². The number of rotatable bonds is 5. The minimum absolute atomic E-state index is 0.104. The van der Waals surface area contributed by atoms with Gasteiger partial charge in [-0.05, 0) is 17.9 Å². The molecule has 1 aliphatic rings. The van der Waals surface area contributed by atoms with Gasteiger partial charge in [0.2, 0.25) is 0 Å². The van der Waals surface area contributed by atoms with E-state index in [1.54, 1.807) is 6.08 Å². The van der Waals surface area contributed by atoms with Gasteiger partial charge in [-0.3, -0.25) is 5.26 Å². The minimum atomic E-state index is -0.395. The monoisotopic (exact) mass is 260 g/mol. The van der Waals surface area contributed by atoms with Gasteiger partial charge in [-0.2, -0.15) is 0 Å². The lowest BCUT2D eigenvalue weighted by atomic mass is 9.79. The van der Waals surface area contributed by atoms with Gasteiger partial charge < -0.3 is 9.31 Å². The summed E-state index contributed by atoms with van der Waals surface area (Å²) in [6.07, 6.45) is 5.41. The Labute approximate surface area is 113 Å². The highest BCUT2D eigenvalue weighted by molar-refractivity contribution is 6.61. The molecule has 0 aliphatic carbocycles. The number of allylic oxidation sites excluding steroid dienone is 1. The molecule has 19 heavy (non-hydrogen) atoms. The zero-order chi connectivity index (χ0) is 13.7. The molecule has 4 nitrogen and oxygen atoms in total. The molecule has 0 bridgehead atoms. The fourth-order valence-corrected chi connectivity index (χ4v) is 2.01. The van der Waals surface area contributed by atoms with E-state index in [0.717, 1.165) is 11.0 Å². The van der Waals surface area contributed by atoms with Crippen molar-refractivity contribution in [3.8, 4) is 0 Å². The van der Waals surface area contributed by atoms with E-state index in [2.05, 4.69) is 11.5 Å². The Kier molecular flexibility index (Phi) is 4.93. The van der Waals surface area contributed by atoms with Gasteiger partial charge in [0.15, 0.2) is 0 Å². The van der Waals surface area contributed by atoms with Crippen LogP contribution in [-0.2, 0) is 20.8 Å². The minimum Gasteiger partial charge on any atom is -0.398 e. The Balaban J connectivity index is 2.08. The molecule has 0 spiro atoms. The van der Waals surface area contributed by atoms with Crippen molar-refractivity contribution < 1.29 is 19.5 Å². The molecule has 1 fully saturated rings. The average molecular weight is 260 g/mol. The second kappa shape index (κ2) is 6.68. The molecular formula is C14H17BO4. The molecule has 2 unspecified atom stereocenters. The van der Waals surface area contributed by atoms with Crippen LogP contribution in [-0.4, -0.2) is 24.6 Å². The summed E-state index contributed by atoms with van der Waals surface area (Å²) in [5, 5.41) is 8.39. The maximum atomic E-state index is 8.39. The smallest absolute Gasteiger partial charge is 0.398 e. The maximum absolute atomic E-state index is 8.39. The summed E-state index contributed by atoms with van der Waals surface area (Å²) >= 11 is 0. The van der Waals surface area contributed by atoms with Crippen molar-refractivity contribution >= 4 is 12.6 Å². The van der Waals surface area contributed by atoms with Crippen LogP contribution in [0.5, 0.6) is 0 Å². The Morgan fingerprint density at radius 2 is 2.00 bits per heavy atom. The predicted molar refractivity (Wildman–Crippen MR) is 74.0 cm³/mol. The van der Waals surface area contributed by atoms with E-state index in [1.807, 2.05) is 43.3 Å². The normalized spacial score (nSPS) is 23.2. The summed E-state index contributed by atoms with van der Waals surface area (Å²) in [5.74, 6) is 0. The number of hydrogen-bond donors (Lipinski definition) is 1. The van der Waals surface area contributed by atoms with Gasteiger partial charge in [0, 0.05) is 0 Å². The van der Waals surface area contributed by atoms with Crippen LogP contribution in [0.2, 0.25) is 0 Å². The van der Waals surface area contributed by atoms with Crippen molar-refractivity contribution in [2.75, 3.05) is 0 Å². The number of benzene rings is 1. The standard InChI is InChI=1S/C14H17BO4/c1-3-5-14-13(4-2)18-15(19-14)12-8-6-11(7-9-12)10-17-16/h3-9,13-14,16H,2,10H2,1H3/b5-3-. The molecule has 2 rings (SSSR count). The Bertz CT molecular complexity index is 443. The van der Waals surface area contributed by atoms with E-state index in [0.29, 0.717) is 0 Å². The van der Waals surface area contributed by atoms with Crippen molar-refractivity contribution in [3.63, 3.8) is 0 Å². The van der Waals surface area contributed by atoms with Gasteiger partial charge in [-0.25, -0.2) is 4.89 Å². The summed E-state index contributed by atoms with van der Waals surface area (Å²) < 4.78 is 11.6. The van der Waals surface area contributed by atoms with E-state index in [-0.39, 0.29) is 18.8 Å². The summed E-state index contributed by atoms with van der Waals surface area (Å²) in [7, 11) is -0.395. The largest absolute Gasteiger partial charge is 0.494 e. The topological polar surface area (TPSA) is 47.9 Å². The fourth-order valence-electron chi connectivity index (χ4n) is 2.01. The summed E-state index contributed by atoms with van der Waals surface area (Å²) in [4.78, 5) is 4.09. The third kappa shape index (κ3) is 3.33. The average Bonchev–Trinajstić information content (AvgIpc) is 2.84. The molecule has 1 aromatic carbocycles. The van der Waals surface area contributed by atoms with Gasteiger partial charge in [-0.1, -0.05) is 42.5 Å². The predicted octanol–water partition coefficient (Wildman–Crippen LogP) is 1.92. The highest BCUT2D eigenvalue weighted by Crippen LogP contribution is 2.19. The molecule has 1 heterocycles. The molecule has 100 valence electrons. The van der Waals surface area contributed by atoms with Gasteiger partial charge in [0.25, 0.3) is 0 Å². The molecule has 0 amide bonds. The zero-order valence-corrected chi connectivity index (χ0v) is 10.9. The van der Waals surface area contributed by atoms with Crippen LogP contribution in [0.3, 0.4) is 0 Å². The highest BCUT2D eigenvalue weighted by Gasteiger charge is 2.37. The van der Waals surface area contributed by atoms with Crippen LogP contribution in [0.25, 0.3) is 0 Å². The first-order valence-corrected chi connectivity index (χ1v) is 6.20. The SMILES string of the molecule is C=CC1OB(c2ccc(COO)cc2)OC1/C=C\C. The Morgan fingerprint density at radius 1 is 1.32 bits per heavy atom. The second-order valence-corrected chi connectivity index (χ2v) is 4.31. The zero-order valence-electron chi connectivity index (χ0n) is 10.9. The van der Waals surface area contributed by atoms with Crippen molar-refractivity contribution in [2.24, 2.45) is 0 Å². The molecule has 1 aliphatic heterocycles. The third-order valence-corrected chi connectivity index (χ3v) is 2.98. The van der Waals surface area contributed by atoms with Crippen molar-refractivity contribution in [2.45, 2.75) is 25.7 Å². The Morgan fingerprint density at radius 3 is 2.58 bits per heavy atom. The van der Waals surface area contributed by atoms with Gasteiger partial charge in [-0.15, -0.1) is 6.58 Å². The molecule has 0 radical (unpaired) electrons. The van der Waals surface area contributed by atoms with Crippen LogP contribution in [0.15, 0.2) is 49.1 Å². The molecule has 1 aromatic rings. The first-order chi connectivity index (χ1) is 9.28. The molecule has 5 heteroatoms.